The van der Waals surface area contributed by atoms with Crippen LogP contribution in [0.3, 0.4) is 0 Å². The van der Waals surface area contributed by atoms with Crippen LogP contribution in [0.1, 0.15) is 5.82 Å². The number of fused-ring (bicyclic) bond motifs is 1. The fourth-order valence-electron chi connectivity index (χ4n) is 1.80. The molecule has 0 atom stereocenters. The fraction of sp³-hybridized carbons (Fsp3) is 0.182. The Hall–Kier alpha value is -2.21. The maximum absolute atomic E-state index is 4.42. The first-order valence-electron chi connectivity index (χ1n) is 5.37. The summed E-state index contributed by atoms with van der Waals surface area (Å²) < 4.78 is 0. The van der Waals surface area contributed by atoms with Crippen molar-refractivity contribution in [3.05, 3.63) is 30.4 Å². The quantitative estimate of drug-likeness (QED) is 0.626. The van der Waals surface area contributed by atoms with E-state index in [0.717, 1.165) is 22.4 Å². The van der Waals surface area contributed by atoms with Crippen LogP contribution in [0.25, 0.3) is 22.4 Å². The molecule has 3 aromatic rings. The van der Waals surface area contributed by atoms with Gasteiger partial charge in [-0.25, -0.2) is 9.97 Å². The number of pyridine rings is 1. The van der Waals surface area contributed by atoms with E-state index in [1.54, 1.807) is 6.20 Å². The molecule has 0 bridgehead atoms. The smallest absolute Gasteiger partial charge is 0.183 e. The first-order chi connectivity index (χ1) is 8.38. The summed E-state index contributed by atoms with van der Waals surface area (Å²) in [5, 5.41) is 11.2. The van der Waals surface area contributed by atoms with Gasteiger partial charge in [-0.15, -0.1) is 0 Å². The van der Waals surface area contributed by atoms with Gasteiger partial charge in [-0.1, -0.05) is 0 Å². The number of rotatable bonds is 3. The third-order valence-corrected chi connectivity index (χ3v) is 2.57. The highest BCUT2D eigenvalue weighted by Crippen LogP contribution is 2.24. The minimum Gasteiger partial charge on any atom is -0.345 e. The number of H-pyrrole nitrogens is 2. The Morgan fingerprint density at radius 3 is 3.24 bits per heavy atom. The molecule has 0 radical (unpaired) electrons. The zero-order valence-electron chi connectivity index (χ0n) is 9.36. The highest BCUT2D eigenvalue weighted by Gasteiger charge is 2.10. The third-order valence-electron chi connectivity index (χ3n) is 2.57. The average molecular weight is 228 g/mol. The van der Waals surface area contributed by atoms with Crippen molar-refractivity contribution in [2.24, 2.45) is 0 Å². The molecular formula is C11H12N6. The number of nitrogens with one attached hydrogen (secondary N) is 3. The predicted octanol–water partition coefficient (Wildman–Crippen LogP) is 1.07. The molecule has 0 saturated heterocycles. The van der Waals surface area contributed by atoms with E-state index >= 15 is 0 Å². The van der Waals surface area contributed by atoms with Gasteiger partial charge < -0.3 is 10.3 Å². The van der Waals surface area contributed by atoms with Gasteiger partial charge in [0.15, 0.2) is 5.82 Å². The fourth-order valence-corrected chi connectivity index (χ4v) is 1.80. The van der Waals surface area contributed by atoms with Crippen molar-refractivity contribution < 1.29 is 0 Å². The monoisotopic (exact) mass is 228 g/mol. The lowest BCUT2D eigenvalue weighted by Gasteiger charge is -1.91. The Morgan fingerprint density at radius 1 is 1.41 bits per heavy atom. The lowest BCUT2D eigenvalue weighted by atomic mass is 10.2. The Morgan fingerprint density at radius 2 is 2.35 bits per heavy atom. The van der Waals surface area contributed by atoms with Gasteiger partial charge in [0.1, 0.15) is 11.5 Å². The SMILES string of the molecule is CNCc1nc(-c2c[nH]c3ncccc23)n[nH]1. The number of hydrogen-bond acceptors (Lipinski definition) is 4. The van der Waals surface area contributed by atoms with Crippen molar-refractivity contribution in [1.29, 1.82) is 0 Å². The van der Waals surface area contributed by atoms with Crippen LogP contribution >= 0.6 is 0 Å². The van der Waals surface area contributed by atoms with Crippen molar-refractivity contribution in [3.8, 4) is 11.4 Å². The van der Waals surface area contributed by atoms with Gasteiger partial charge in [-0.2, -0.15) is 5.10 Å². The van der Waals surface area contributed by atoms with Crippen LogP contribution < -0.4 is 5.32 Å². The molecule has 0 aliphatic carbocycles. The zero-order chi connectivity index (χ0) is 11.7. The van der Waals surface area contributed by atoms with Gasteiger partial charge in [0, 0.05) is 23.3 Å². The second-order valence-electron chi connectivity index (χ2n) is 3.74. The van der Waals surface area contributed by atoms with Crippen molar-refractivity contribution >= 4 is 11.0 Å². The van der Waals surface area contributed by atoms with Crippen LogP contribution in [-0.4, -0.2) is 32.2 Å². The molecule has 0 aliphatic heterocycles. The second kappa shape index (κ2) is 3.99. The van der Waals surface area contributed by atoms with E-state index in [1.807, 2.05) is 25.4 Å². The van der Waals surface area contributed by atoms with Gasteiger partial charge in [-0.3, -0.25) is 5.10 Å². The molecule has 3 N–H and O–H groups in total. The summed E-state index contributed by atoms with van der Waals surface area (Å²) in [5.74, 6) is 1.51. The maximum atomic E-state index is 4.42. The molecule has 3 heterocycles. The topological polar surface area (TPSA) is 82.3 Å². The molecule has 0 unspecified atom stereocenters. The lowest BCUT2D eigenvalue weighted by molar-refractivity contribution is 0.763. The molecule has 86 valence electrons. The molecule has 0 aromatic carbocycles. The van der Waals surface area contributed by atoms with E-state index in [1.165, 1.54) is 0 Å². The summed E-state index contributed by atoms with van der Waals surface area (Å²) in [4.78, 5) is 11.8. The average Bonchev–Trinajstić information content (AvgIpc) is 2.95. The van der Waals surface area contributed by atoms with Gasteiger partial charge in [0.25, 0.3) is 0 Å². The summed E-state index contributed by atoms with van der Waals surface area (Å²) in [7, 11) is 1.87. The first kappa shape index (κ1) is 9.98. The third kappa shape index (κ3) is 1.68. The Labute approximate surface area is 97.5 Å². The predicted molar refractivity (Wildman–Crippen MR) is 64.2 cm³/mol. The number of aromatic amines is 2. The van der Waals surface area contributed by atoms with E-state index in [4.69, 9.17) is 0 Å². The standard InChI is InChI=1S/C11H12N6/c1-12-6-9-15-11(17-16-9)8-5-14-10-7(8)3-2-4-13-10/h2-5,12H,6H2,1H3,(H,13,14)(H,15,16,17). The molecule has 0 fully saturated rings. The molecule has 0 aliphatic rings. The lowest BCUT2D eigenvalue weighted by Crippen LogP contribution is -2.06. The Bertz CT molecular complexity index is 638. The van der Waals surface area contributed by atoms with E-state index < -0.39 is 0 Å². The zero-order valence-corrected chi connectivity index (χ0v) is 9.36. The molecule has 0 spiro atoms. The minimum absolute atomic E-state index is 0.674. The molecule has 6 heteroatoms. The van der Waals surface area contributed by atoms with E-state index in [2.05, 4.69) is 30.5 Å². The van der Waals surface area contributed by atoms with Crippen molar-refractivity contribution in [2.45, 2.75) is 6.54 Å². The molecule has 17 heavy (non-hydrogen) atoms. The minimum atomic E-state index is 0.674. The highest BCUT2D eigenvalue weighted by atomic mass is 15.2. The number of nitrogens with zero attached hydrogens (tertiary/aromatic N) is 3. The van der Waals surface area contributed by atoms with Gasteiger partial charge in [0.2, 0.25) is 0 Å². The van der Waals surface area contributed by atoms with Crippen molar-refractivity contribution in [3.63, 3.8) is 0 Å². The molecular weight excluding hydrogens is 216 g/mol. The Kier molecular flexibility index (Phi) is 2.34. The largest absolute Gasteiger partial charge is 0.345 e. The summed E-state index contributed by atoms with van der Waals surface area (Å²) in [6.07, 6.45) is 3.64. The van der Waals surface area contributed by atoms with Crippen LogP contribution in [0.4, 0.5) is 0 Å². The summed E-state index contributed by atoms with van der Waals surface area (Å²) >= 11 is 0. The van der Waals surface area contributed by atoms with Crippen LogP contribution in [0, 0.1) is 0 Å². The first-order valence-corrected chi connectivity index (χ1v) is 5.37. The number of aromatic nitrogens is 5. The van der Waals surface area contributed by atoms with E-state index in [-0.39, 0.29) is 0 Å². The summed E-state index contributed by atoms with van der Waals surface area (Å²) in [6.45, 7) is 0.674. The van der Waals surface area contributed by atoms with Crippen LogP contribution in [0.5, 0.6) is 0 Å². The molecule has 0 saturated carbocycles. The molecule has 3 aromatic heterocycles. The number of hydrogen-bond donors (Lipinski definition) is 3. The molecule has 6 nitrogen and oxygen atoms in total. The van der Waals surface area contributed by atoms with E-state index in [9.17, 15) is 0 Å². The van der Waals surface area contributed by atoms with Gasteiger partial charge in [-0.05, 0) is 19.2 Å². The molecule has 0 amide bonds. The molecule has 3 rings (SSSR count). The normalized spacial score (nSPS) is 11.1. The highest BCUT2D eigenvalue weighted by molar-refractivity contribution is 5.91. The van der Waals surface area contributed by atoms with Crippen molar-refractivity contribution in [2.75, 3.05) is 7.05 Å². The van der Waals surface area contributed by atoms with Crippen LogP contribution in [-0.2, 0) is 6.54 Å². The van der Waals surface area contributed by atoms with Crippen LogP contribution in [0.15, 0.2) is 24.5 Å². The van der Waals surface area contributed by atoms with Crippen LogP contribution in [0.2, 0.25) is 0 Å². The maximum Gasteiger partial charge on any atom is 0.183 e. The van der Waals surface area contributed by atoms with Crippen molar-refractivity contribution in [1.82, 2.24) is 30.5 Å². The second-order valence-corrected chi connectivity index (χ2v) is 3.74. The van der Waals surface area contributed by atoms with Gasteiger partial charge in [0.05, 0.1) is 6.54 Å². The van der Waals surface area contributed by atoms with Gasteiger partial charge >= 0.3 is 0 Å². The van der Waals surface area contributed by atoms with E-state index in [0.29, 0.717) is 12.4 Å². The summed E-state index contributed by atoms with van der Waals surface area (Å²) in [5.41, 5.74) is 1.81. The Balaban J connectivity index is 2.07. The summed E-state index contributed by atoms with van der Waals surface area (Å²) in [6, 6.07) is 3.91.